The molecule has 0 unspecified atom stereocenters. The highest BCUT2D eigenvalue weighted by Crippen LogP contribution is 2.13. The summed E-state index contributed by atoms with van der Waals surface area (Å²) in [6.45, 7) is 3.28. The first-order valence-corrected chi connectivity index (χ1v) is 10.4. The van der Waals surface area contributed by atoms with E-state index in [1.807, 2.05) is 30.3 Å². The molecular weight excluding hydrogens is 426 g/mol. The van der Waals surface area contributed by atoms with Crippen molar-refractivity contribution in [2.45, 2.75) is 32.9 Å². The van der Waals surface area contributed by atoms with Crippen LogP contribution in [0, 0.1) is 5.92 Å². The Hall–Kier alpha value is -4.01. The molecule has 0 fully saturated rings. The number of nitrogens with one attached hydrogen (secondary N) is 2. The summed E-state index contributed by atoms with van der Waals surface area (Å²) >= 11 is 0. The van der Waals surface area contributed by atoms with Crippen molar-refractivity contribution >= 4 is 28.7 Å². The third kappa shape index (κ3) is 6.03. The highest BCUT2D eigenvalue weighted by molar-refractivity contribution is 5.94. The molecule has 1 atom stereocenters. The van der Waals surface area contributed by atoms with Crippen molar-refractivity contribution in [1.29, 1.82) is 0 Å². The molecule has 0 aliphatic heterocycles. The molecule has 9 nitrogen and oxygen atoms in total. The summed E-state index contributed by atoms with van der Waals surface area (Å²) in [5.74, 6) is -1.61. The monoisotopic (exact) mass is 451 g/mol. The Bertz CT molecular complexity index is 1220. The summed E-state index contributed by atoms with van der Waals surface area (Å²) in [7, 11) is 1.26. The van der Waals surface area contributed by atoms with Crippen molar-refractivity contribution in [3.05, 3.63) is 75.8 Å². The Balaban J connectivity index is 1.69. The van der Waals surface area contributed by atoms with Crippen LogP contribution in [-0.2, 0) is 32.1 Å². The van der Waals surface area contributed by atoms with Crippen molar-refractivity contribution < 1.29 is 23.9 Å². The molecule has 0 aliphatic rings. The van der Waals surface area contributed by atoms with Gasteiger partial charge in [-0.2, -0.15) is 0 Å². The minimum Gasteiger partial charge on any atom is -0.465 e. The number of aromatic nitrogens is 2. The van der Waals surface area contributed by atoms with Gasteiger partial charge in [0, 0.05) is 0 Å². The van der Waals surface area contributed by atoms with E-state index in [1.165, 1.54) is 25.3 Å². The second-order valence-electron chi connectivity index (χ2n) is 7.80. The van der Waals surface area contributed by atoms with Crippen LogP contribution in [0.2, 0.25) is 0 Å². The van der Waals surface area contributed by atoms with Crippen LogP contribution in [0.1, 0.15) is 35.6 Å². The maximum atomic E-state index is 12.7. The standard InChI is InChI=1S/C24H25N3O6/c1-14(2)21(27-20(28)11-15-7-5-4-6-8-15)24(31)33-13-19-25-18-12-16(23(30)32-3)9-10-17(18)22(29)26-19/h4-10,12,14,21H,11,13H2,1-3H3,(H,27,28)(H,25,26,29)/t21-/m0/s1. The van der Waals surface area contributed by atoms with Crippen LogP contribution < -0.4 is 10.9 Å². The average molecular weight is 451 g/mol. The molecule has 0 saturated heterocycles. The molecule has 2 aromatic carbocycles. The maximum Gasteiger partial charge on any atom is 0.337 e. The number of amides is 1. The first kappa shape index (κ1) is 23.6. The van der Waals surface area contributed by atoms with Gasteiger partial charge in [-0.25, -0.2) is 14.6 Å². The minimum absolute atomic E-state index is 0.112. The molecule has 33 heavy (non-hydrogen) atoms. The van der Waals surface area contributed by atoms with E-state index in [0.717, 1.165) is 5.56 Å². The maximum absolute atomic E-state index is 12.7. The van der Waals surface area contributed by atoms with Gasteiger partial charge in [0.25, 0.3) is 5.56 Å². The van der Waals surface area contributed by atoms with E-state index >= 15 is 0 Å². The summed E-state index contributed by atoms with van der Waals surface area (Å²) in [4.78, 5) is 56.0. The van der Waals surface area contributed by atoms with E-state index in [4.69, 9.17) is 4.74 Å². The largest absolute Gasteiger partial charge is 0.465 e. The Kier molecular flexibility index (Phi) is 7.55. The van der Waals surface area contributed by atoms with Crippen LogP contribution >= 0.6 is 0 Å². The lowest BCUT2D eigenvalue weighted by molar-refractivity contribution is -0.150. The van der Waals surface area contributed by atoms with Gasteiger partial charge in [-0.3, -0.25) is 9.59 Å². The molecule has 3 rings (SSSR count). The van der Waals surface area contributed by atoms with Crippen LogP contribution in [0.3, 0.4) is 0 Å². The lowest BCUT2D eigenvalue weighted by Gasteiger charge is -2.20. The highest BCUT2D eigenvalue weighted by atomic mass is 16.5. The molecule has 1 amide bonds. The van der Waals surface area contributed by atoms with Gasteiger partial charge < -0.3 is 19.8 Å². The zero-order valence-corrected chi connectivity index (χ0v) is 18.6. The molecule has 172 valence electrons. The smallest absolute Gasteiger partial charge is 0.337 e. The van der Waals surface area contributed by atoms with Gasteiger partial charge in [-0.15, -0.1) is 0 Å². The fourth-order valence-electron chi connectivity index (χ4n) is 3.23. The number of fused-ring (bicyclic) bond motifs is 1. The Morgan fingerprint density at radius 2 is 1.82 bits per heavy atom. The van der Waals surface area contributed by atoms with E-state index in [1.54, 1.807) is 13.8 Å². The number of carbonyl (C=O) groups excluding carboxylic acids is 3. The summed E-state index contributed by atoms with van der Waals surface area (Å²) in [5, 5.41) is 2.99. The topological polar surface area (TPSA) is 127 Å². The molecular formula is C24H25N3O6. The fourth-order valence-corrected chi connectivity index (χ4v) is 3.23. The second kappa shape index (κ2) is 10.5. The van der Waals surface area contributed by atoms with Gasteiger partial charge >= 0.3 is 11.9 Å². The van der Waals surface area contributed by atoms with Crippen LogP contribution in [-0.4, -0.2) is 41.0 Å². The third-order valence-corrected chi connectivity index (χ3v) is 4.97. The molecule has 0 saturated carbocycles. The Morgan fingerprint density at radius 1 is 1.09 bits per heavy atom. The predicted octanol–water partition coefficient (Wildman–Crippen LogP) is 2.14. The predicted molar refractivity (Wildman–Crippen MR) is 120 cm³/mol. The lowest BCUT2D eigenvalue weighted by Crippen LogP contribution is -2.45. The summed E-state index contributed by atoms with van der Waals surface area (Å²) in [6, 6.07) is 12.7. The van der Waals surface area contributed by atoms with Crippen molar-refractivity contribution in [2.75, 3.05) is 7.11 Å². The first-order chi connectivity index (χ1) is 15.8. The first-order valence-electron chi connectivity index (χ1n) is 10.4. The number of carbonyl (C=O) groups is 3. The summed E-state index contributed by atoms with van der Waals surface area (Å²) < 4.78 is 10.0. The number of ether oxygens (including phenoxy) is 2. The zero-order valence-electron chi connectivity index (χ0n) is 18.6. The molecule has 3 aromatic rings. The third-order valence-electron chi connectivity index (χ3n) is 4.97. The van der Waals surface area contributed by atoms with Crippen molar-refractivity contribution in [1.82, 2.24) is 15.3 Å². The number of aromatic amines is 1. The molecule has 0 radical (unpaired) electrons. The van der Waals surface area contributed by atoms with E-state index < -0.39 is 23.5 Å². The van der Waals surface area contributed by atoms with Crippen LogP contribution in [0.15, 0.2) is 53.3 Å². The number of rotatable bonds is 8. The van der Waals surface area contributed by atoms with Gasteiger partial charge in [0.15, 0.2) is 0 Å². The molecule has 1 aromatic heterocycles. The SMILES string of the molecule is COC(=O)c1ccc2c(=O)[nH]c(COC(=O)[C@@H](NC(=O)Cc3ccccc3)C(C)C)nc2c1. The molecule has 0 spiro atoms. The number of methoxy groups -OCH3 is 1. The highest BCUT2D eigenvalue weighted by Gasteiger charge is 2.26. The van der Waals surface area contributed by atoms with Crippen LogP contribution in [0.5, 0.6) is 0 Å². The summed E-state index contributed by atoms with van der Waals surface area (Å²) in [5.41, 5.74) is 0.908. The van der Waals surface area contributed by atoms with E-state index in [2.05, 4.69) is 20.0 Å². The van der Waals surface area contributed by atoms with Crippen LogP contribution in [0.4, 0.5) is 0 Å². The molecule has 2 N–H and O–H groups in total. The van der Waals surface area contributed by atoms with Gasteiger partial charge in [-0.1, -0.05) is 44.2 Å². The number of benzene rings is 2. The molecule has 1 heterocycles. The average Bonchev–Trinajstić information content (AvgIpc) is 2.80. The number of hydrogen-bond donors (Lipinski definition) is 2. The van der Waals surface area contributed by atoms with E-state index in [0.29, 0.717) is 0 Å². The van der Waals surface area contributed by atoms with Crippen molar-refractivity contribution in [2.24, 2.45) is 5.92 Å². The van der Waals surface area contributed by atoms with Crippen molar-refractivity contribution in [3.8, 4) is 0 Å². The number of hydrogen-bond acceptors (Lipinski definition) is 7. The number of esters is 2. The van der Waals surface area contributed by atoms with Crippen LogP contribution in [0.25, 0.3) is 10.9 Å². The molecule has 0 aliphatic carbocycles. The summed E-state index contributed by atoms with van der Waals surface area (Å²) in [6.07, 6.45) is 0.138. The lowest BCUT2D eigenvalue weighted by atomic mass is 10.0. The van der Waals surface area contributed by atoms with E-state index in [-0.39, 0.29) is 47.1 Å². The fraction of sp³-hybridized carbons (Fsp3) is 0.292. The number of nitrogens with zero attached hydrogens (tertiary/aromatic N) is 1. The Labute approximate surface area is 190 Å². The van der Waals surface area contributed by atoms with Gasteiger partial charge in [0.05, 0.1) is 30.0 Å². The van der Waals surface area contributed by atoms with Gasteiger partial charge in [0.2, 0.25) is 5.91 Å². The van der Waals surface area contributed by atoms with Gasteiger partial charge in [0.1, 0.15) is 18.5 Å². The normalized spacial score (nSPS) is 11.8. The minimum atomic E-state index is -0.862. The molecule has 9 heteroatoms. The molecule has 0 bridgehead atoms. The second-order valence-corrected chi connectivity index (χ2v) is 7.80. The zero-order chi connectivity index (χ0) is 24.0. The van der Waals surface area contributed by atoms with E-state index in [9.17, 15) is 19.2 Å². The number of H-pyrrole nitrogens is 1. The Morgan fingerprint density at radius 3 is 2.48 bits per heavy atom. The quantitative estimate of drug-likeness (QED) is 0.502. The van der Waals surface area contributed by atoms with Gasteiger partial charge in [-0.05, 0) is 29.7 Å². The van der Waals surface area contributed by atoms with Crippen molar-refractivity contribution in [3.63, 3.8) is 0 Å².